The zero-order valence-corrected chi connectivity index (χ0v) is 82.3. The summed E-state index contributed by atoms with van der Waals surface area (Å²) in [4.78, 5) is 0. The van der Waals surface area contributed by atoms with Crippen molar-refractivity contribution in [1.29, 1.82) is 0 Å². The molecule has 0 radical (unpaired) electrons. The Labute approximate surface area is 778 Å². The van der Waals surface area contributed by atoms with Crippen molar-refractivity contribution in [1.82, 2.24) is 0 Å². The van der Waals surface area contributed by atoms with E-state index >= 15 is 0 Å². The molecule has 12 aromatic carbocycles. The third-order valence-electron chi connectivity index (χ3n) is 30.7. The Balaban J connectivity index is 0.000000146. The van der Waals surface area contributed by atoms with Gasteiger partial charge in [0, 0.05) is 0 Å². The van der Waals surface area contributed by atoms with Crippen LogP contribution in [0.4, 0.5) is 0 Å². The Morgan fingerprint density at radius 1 is 0.188 bits per heavy atom. The second-order valence-corrected chi connectivity index (χ2v) is 41.6. The minimum Gasteiger partial charge on any atom is -0.0625 e. The SMILES string of the molecule is Cc1ccc(-c2ccc(-c3ccc(CCCCC4CCC(C)CC4)c(C)c3)c(C)c2)cc1.Cc1ccc(-c2ccc(CCCCc3ccc(C4CCC(C)CC4)c(C)c3)c(C)c2)cc1.Cc1ccc(CCCCc2ccc(-c3ccc(C4CCC(C)CC4)c(C)c3)c(C)c2)cc1.Cc1ccc(CCc2ccc(-c3ccc(CCC4CCC(C)CC4)c(C)c3)c(C)c2)cc1. The van der Waals surface area contributed by atoms with Crippen molar-refractivity contribution in [2.24, 2.45) is 35.5 Å². The zero-order chi connectivity index (χ0) is 90.0. The third kappa shape index (κ3) is 28.6. The van der Waals surface area contributed by atoms with Gasteiger partial charge in [-0.3, -0.25) is 0 Å². The molecule has 0 heteroatoms. The van der Waals surface area contributed by atoms with Crippen LogP contribution in [0, 0.1) is 119 Å². The number of hydrogen-bond acceptors (Lipinski definition) is 0. The smallest absolute Gasteiger partial charge is 0.0154 e. The van der Waals surface area contributed by atoms with E-state index < -0.39 is 0 Å². The van der Waals surface area contributed by atoms with Gasteiger partial charge in [-0.1, -0.05) is 382 Å². The average molecular weight is 1700 g/mol. The Morgan fingerprint density at radius 2 is 0.453 bits per heavy atom. The number of aryl methyl sites for hydroxylation is 20. The molecule has 0 bridgehead atoms. The minimum atomic E-state index is 0.767. The number of unbranched alkanes of at least 4 members (excludes halogenated alkanes) is 3. The molecule has 4 fully saturated rings. The average Bonchev–Trinajstić information content (AvgIpc) is 0.806. The van der Waals surface area contributed by atoms with Crippen molar-refractivity contribution in [2.75, 3.05) is 0 Å². The molecule has 0 spiro atoms. The van der Waals surface area contributed by atoms with Gasteiger partial charge in [-0.15, -0.1) is 0 Å². The monoisotopic (exact) mass is 1700 g/mol. The number of benzene rings is 12. The lowest BCUT2D eigenvalue weighted by Crippen LogP contribution is -2.13. The van der Waals surface area contributed by atoms with Crippen LogP contribution in [-0.2, 0) is 51.4 Å². The quantitative estimate of drug-likeness (QED) is 0.0429. The van der Waals surface area contributed by atoms with Gasteiger partial charge in [0.2, 0.25) is 0 Å². The summed E-state index contributed by atoms with van der Waals surface area (Å²) in [6.45, 7) is 36.5. The molecule has 0 N–H and O–H groups in total. The van der Waals surface area contributed by atoms with Gasteiger partial charge in [-0.05, 0) is 402 Å². The van der Waals surface area contributed by atoms with E-state index in [1.807, 2.05) is 0 Å². The van der Waals surface area contributed by atoms with Crippen molar-refractivity contribution >= 4 is 0 Å². The van der Waals surface area contributed by atoms with E-state index in [4.69, 9.17) is 0 Å². The molecule has 4 aliphatic rings. The van der Waals surface area contributed by atoms with Crippen LogP contribution in [-0.4, -0.2) is 0 Å². The second kappa shape index (κ2) is 48.0. The lowest BCUT2D eigenvalue weighted by Gasteiger charge is -2.28. The molecular weight excluding hydrogens is 1540 g/mol. The first-order chi connectivity index (χ1) is 61.9. The highest BCUT2D eigenvalue weighted by molar-refractivity contribution is 5.75. The molecule has 0 amide bonds. The predicted molar refractivity (Wildman–Crippen MR) is 559 cm³/mol. The molecule has 0 heterocycles. The molecule has 4 aliphatic carbocycles. The fourth-order valence-corrected chi connectivity index (χ4v) is 21.8. The van der Waals surface area contributed by atoms with E-state index in [0.29, 0.717) is 0 Å². The van der Waals surface area contributed by atoms with Crippen LogP contribution in [0.3, 0.4) is 0 Å². The summed E-state index contributed by atoms with van der Waals surface area (Å²) in [5, 5.41) is 0. The number of rotatable bonds is 28. The summed E-state index contributed by atoms with van der Waals surface area (Å²) < 4.78 is 0. The van der Waals surface area contributed by atoms with Crippen molar-refractivity contribution < 1.29 is 0 Å². The molecule has 672 valence electrons. The van der Waals surface area contributed by atoms with Crippen LogP contribution < -0.4 is 0 Å². The highest BCUT2D eigenvalue weighted by atomic mass is 14.3. The molecule has 128 heavy (non-hydrogen) atoms. The number of hydrogen-bond donors (Lipinski definition) is 0. The molecular formula is C128H160. The van der Waals surface area contributed by atoms with Crippen LogP contribution in [0.5, 0.6) is 0 Å². The summed E-state index contributed by atoms with van der Waals surface area (Å²) in [5.74, 6) is 7.26. The summed E-state index contributed by atoms with van der Waals surface area (Å²) in [6.07, 6.45) is 42.6. The fourth-order valence-electron chi connectivity index (χ4n) is 21.8. The molecule has 0 saturated heterocycles. The maximum absolute atomic E-state index is 2.47. The molecule has 4 saturated carbocycles. The lowest BCUT2D eigenvalue weighted by atomic mass is 9.78. The van der Waals surface area contributed by atoms with Gasteiger partial charge in [-0.2, -0.15) is 0 Å². The Kier molecular flexibility index (Phi) is 36.1. The van der Waals surface area contributed by atoms with Gasteiger partial charge in [0.25, 0.3) is 0 Å². The van der Waals surface area contributed by atoms with Crippen molar-refractivity contribution in [3.05, 3.63) is 365 Å². The fraction of sp³-hybridized carbons (Fsp3) is 0.438. The van der Waals surface area contributed by atoms with Gasteiger partial charge in [0.1, 0.15) is 0 Å². The normalized spacial score (nSPS) is 18.6. The topological polar surface area (TPSA) is 0 Å². The highest BCUT2D eigenvalue weighted by Crippen LogP contribution is 2.42. The summed E-state index contributed by atoms with van der Waals surface area (Å²) in [5.41, 5.74) is 45.2. The van der Waals surface area contributed by atoms with Crippen LogP contribution >= 0.6 is 0 Å². The van der Waals surface area contributed by atoms with E-state index in [9.17, 15) is 0 Å². The van der Waals surface area contributed by atoms with Crippen molar-refractivity contribution in [2.45, 2.75) is 328 Å². The van der Waals surface area contributed by atoms with E-state index in [1.165, 1.54) is 354 Å². The summed E-state index contributed by atoms with van der Waals surface area (Å²) in [7, 11) is 0. The lowest BCUT2D eigenvalue weighted by molar-refractivity contribution is 0.272. The maximum atomic E-state index is 2.47. The van der Waals surface area contributed by atoms with Crippen LogP contribution in [0.2, 0.25) is 0 Å². The zero-order valence-electron chi connectivity index (χ0n) is 82.3. The minimum absolute atomic E-state index is 0.767. The molecule has 16 rings (SSSR count). The van der Waals surface area contributed by atoms with Crippen LogP contribution in [0.15, 0.2) is 243 Å². The van der Waals surface area contributed by atoms with E-state index in [1.54, 1.807) is 16.7 Å². The summed E-state index contributed by atoms with van der Waals surface area (Å²) in [6, 6.07) is 92.4. The predicted octanol–water partition coefficient (Wildman–Crippen LogP) is 36.6. The molecule has 0 nitrogen and oxygen atoms in total. The van der Waals surface area contributed by atoms with Crippen molar-refractivity contribution in [3.8, 4) is 55.6 Å². The third-order valence-corrected chi connectivity index (χ3v) is 30.7. The first kappa shape index (κ1) is 96.2. The second-order valence-electron chi connectivity index (χ2n) is 41.6. The first-order valence-corrected chi connectivity index (χ1v) is 51.0. The van der Waals surface area contributed by atoms with E-state index in [-0.39, 0.29) is 0 Å². The first-order valence-electron chi connectivity index (χ1n) is 51.0. The van der Waals surface area contributed by atoms with Gasteiger partial charge in [-0.25, -0.2) is 0 Å². The van der Waals surface area contributed by atoms with Crippen LogP contribution in [0.1, 0.15) is 316 Å². The molecule has 0 unspecified atom stereocenters. The van der Waals surface area contributed by atoms with Gasteiger partial charge < -0.3 is 0 Å². The largest absolute Gasteiger partial charge is 0.0625 e. The van der Waals surface area contributed by atoms with Crippen molar-refractivity contribution in [3.63, 3.8) is 0 Å². The van der Waals surface area contributed by atoms with Gasteiger partial charge >= 0.3 is 0 Å². The Hall–Kier alpha value is -9.36. The highest BCUT2D eigenvalue weighted by Gasteiger charge is 2.25. The van der Waals surface area contributed by atoms with Gasteiger partial charge in [0.15, 0.2) is 0 Å². The Morgan fingerprint density at radius 3 is 0.867 bits per heavy atom. The van der Waals surface area contributed by atoms with Crippen LogP contribution in [0.25, 0.3) is 55.6 Å². The molecule has 0 aromatic heterocycles. The Bertz CT molecular complexity index is 5430. The van der Waals surface area contributed by atoms with Gasteiger partial charge in [0.05, 0.1) is 0 Å². The van der Waals surface area contributed by atoms with E-state index in [2.05, 4.69) is 353 Å². The molecule has 0 atom stereocenters. The summed E-state index contributed by atoms with van der Waals surface area (Å²) >= 11 is 0. The maximum Gasteiger partial charge on any atom is -0.0154 e. The van der Waals surface area contributed by atoms with E-state index in [0.717, 1.165) is 60.2 Å². The molecule has 12 aromatic rings. The standard InChI is InChI=1S/4C32H40/c1-23-5-9-27(10-6-23)13-14-29-16-20-32(26(4)21-29)31-19-18-30(25(3)22-31)17-15-28-11-7-24(2)8-12-28;1-23-9-14-29(15-10-23)31-19-18-28(25(3)22-31)8-6-5-7-27-13-20-32(26(4)21-27)30-16-11-24(2)12-17-30;1-23-9-13-27(14-10-23)7-5-6-8-28-15-19-32(25(3)21-28)30-18-20-31(26(4)22-30)29-16-11-24(2)12-17-29;1-23-9-13-27(14-10-23)7-5-6-8-28-17-18-31(21-25(28)3)32-20-19-30(22-26(32)4)29-15-11-24(2)12-16-29/h5-6,9-10,16,18-22,24,28H,7-8,11-15,17H2,1-4H3;9-10,13-15,18-22,24,30H,5-8,11-12,16-17H2,1-4H3;9-10,13-15,18-22,24,29H,5-8,11-12,16-17H2,1-4H3;11-12,15-23,27H,5-10,13-14H2,1-4H3. The molecule has 0 aliphatic heterocycles.